The molecule has 0 aliphatic carbocycles. The lowest BCUT2D eigenvalue weighted by Gasteiger charge is -2.32. The van der Waals surface area contributed by atoms with Crippen LogP contribution in [0.5, 0.6) is 0 Å². The topological polar surface area (TPSA) is 68.3 Å². The number of hydrogen-bond donors (Lipinski definition) is 0. The van der Waals surface area contributed by atoms with Crippen LogP contribution in [-0.2, 0) is 6.18 Å². The van der Waals surface area contributed by atoms with Crippen LogP contribution in [-0.4, -0.2) is 36.6 Å². The number of rotatable bonds is 2. The number of carbonyl (C=O) groups excluding carboxylic acids is 1. The van der Waals surface area contributed by atoms with E-state index < -0.39 is 11.7 Å². The summed E-state index contributed by atoms with van der Waals surface area (Å²) in [5, 5.41) is 4.37. The zero-order chi connectivity index (χ0) is 21.0. The van der Waals surface area contributed by atoms with Crippen molar-refractivity contribution in [3.05, 3.63) is 66.5 Å². The first-order valence-electron chi connectivity index (χ1n) is 9.18. The standard InChI is InChI=1S/C20H15F3N6O/c1-12-10-28(15-4-2-14(3-5-15)20(21,22)23)18(30)17-16(9-26-29(12)17)13-8-25-19-24-6-7-27(19)11-13/h2-9,11-12H,10H2,1H3/t12-/m0/s1. The Labute approximate surface area is 168 Å². The highest BCUT2D eigenvalue weighted by Gasteiger charge is 2.35. The summed E-state index contributed by atoms with van der Waals surface area (Å²) in [6.07, 6.45) is 3.99. The molecule has 4 heterocycles. The Morgan fingerprint density at radius 2 is 1.87 bits per heavy atom. The Bertz CT molecular complexity index is 1260. The molecule has 4 aromatic rings. The molecule has 1 atom stereocenters. The van der Waals surface area contributed by atoms with E-state index in [-0.39, 0.29) is 11.9 Å². The maximum absolute atomic E-state index is 13.3. The molecule has 5 rings (SSSR count). The minimum atomic E-state index is -4.43. The predicted octanol–water partition coefficient (Wildman–Crippen LogP) is 3.83. The van der Waals surface area contributed by atoms with Gasteiger partial charge in [0, 0.05) is 48.1 Å². The van der Waals surface area contributed by atoms with Crippen molar-refractivity contribution in [2.24, 2.45) is 0 Å². The van der Waals surface area contributed by atoms with Gasteiger partial charge in [-0.2, -0.15) is 18.3 Å². The monoisotopic (exact) mass is 412 g/mol. The summed E-state index contributed by atoms with van der Waals surface area (Å²) in [6, 6.07) is 4.45. The Morgan fingerprint density at radius 3 is 2.60 bits per heavy atom. The third kappa shape index (κ3) is 2.83. The highest BCUT2D eigenvalue weighted by molar-refractivity contribution is 6.09. The molecule has 0 saturated heterocycles. The predicted molar refractivity (Wildman–Crippen MR) is 102 cm³/mol. The van der Waals surface area contributed by atoms with Crippen molar-refractivity contribution in [2.75, 3.05) is 11.4 Å². The van der Waals surface area contributed by atoms with E-state index >= 15 is 0 Å². The average Bonchev–Trinajstić information content (AvgIpc) is 3.37. The molecule has 30 heavy (non-hydrogen) atoms. The van der Waals surface area contributed by atoms with Gasteiger partial charge >= 0.3 is 6.18 Å². The Balaban J connectivity index is 1.56. The number of anilines is 1. The van der Waals surface area contributed by atoms with Gasteiger partial charge in [-0.1, -0.05) is 0 Å². The van der Waals surface area contributed by atoms with E-state index in [1.165, 1.54) is 17.0 Å². The molecule has 0 saturated carbocycles. The Hall–Kier alpha value is -3.69. The van der Waals surface area contributed by atoms with Gasteiger partial charge in [-0.3, -0.25) is 13.9 Å². The molecule has 0 N–H and O–H groups in total. The molecule has 0 fully saturated rings. The number of imidazole rings is 1. The maximum atomic E-state index is 13.3. The third-order valence-electron chi connectivity index (χ3n) is 5.17. The summed E-state index contributed by atoms with van der Waals surface area (Å²) in [4.78, 5) is 23.2. The summed E-state index contributed by atoms with van der Waals surface area (Å²) >= 11 is 0. The summed E-state index contributed by atoms with van der Waals surface area (Å²) in [6.45, 7) is 2.21. The van der Waals surface area contributed by atoms with Crippen molar-refractivity contribution >= 4 is 17.4 Å². The molecule has 3 aromatic heterocycles. The second kappa shape index (κ2) is 6.41. The Kier molecular flexibility index (Phi) is 3.92. The second-order valence-electron chi connectivity index (χ2n) is 7.14. The van der Waals surface area contributed by atoms with Crippen LogP contribution in [0.4, 0.5) is 18.9 Å². The fourth-order valence-corrected chi connectivity index (χ4v) is 3.68. The maximum Gasteiger partial charge on any atom is 0.416 e. The van der Waals surface area contributed by atoms with Crippen molar-refractivity contribution < 1.29 is 18.0 Å². The molecule has 1 aliphatic heterocycles. The zero-order valence-corrected chi connectivity index (χ0v) is 15.7. The molecule has 152 valence electrons. The highest BCUT2D eigenvalue weighted by Crippen LogP contribution is 2.34. The molecule has 1 aliphatic rings. The number of hydrogen-bond acceptors (Lipinski definition) is 4. The zero-order valence-electron chi connectivity index (χ0n) is 15.7. The van der Waals surface area contributed by atoms with Gasteiger partial charge in [-0.25, -0.2) is 9.97 Å². The molecule has 0 unspecified atom stereocenters. The number of aromatic nitrogens is 5. The van der Waals surface area contributed by atoms with E-state index in [2.05, 4.69) is 15.1 Å². The largest absolute Gasteiger partial charge is 0.416 e. The third-order valence-corrected chi connectivity index (χ3v) is 5.17. The molecule has 0 spiro atoms. The SMILES string of the molecule is C[C@H]1CN(c2ccc(C(F)(F)F)cc2)C(=O)c2c(-c3cnc4nccn4c3)cnn21. The minimum Gasteiger partial charge on any atom is -0.305 e. The minimum absolute atomic E-state index is 0.154. The van der Waals surface area contributed by atoms with Crippen LogP contribution >= 0.6 is 0 Å². The first-order valence-corrected chi connectivity index (χ1v) is 9.18. The first kappa shape index (κ1) is 18.3. The molecule has 1 amide bonds. The van der Waals surface area contributed by atoms with Crippen molar-refractivity contribution in [3.63, 3.8) is 0 Å². The number of carbonyl (C=O) groups is 1. The van der Waals surface area contributed by atoms with Gasteiger partial charge in [0.2, 0.25) is 5.78 Å². The van der Waals surface area contributed by atoms with Gasteiger partial charge in [0.1, 0.15) is 5.69 Å². The average molecular weight is 412 g/mol. The number of amides is 1. The second-order valence-corrected chi connectivity index (χ2v) is 7.14. The lowest BCUT2D eigenvalue weighted by Crippen LogP contribution is -2.42. The van der Waals surface area contributed by atoms with Crippen LogP contribution < -0.4 is 4.90 Å². The van der Waals surface area contributed by atoms with Gasteiger partial charge in [-0.05, 0) is 31.2 Å². The van der Waals surface area contributed by atoms with Crippen LogP contribution in [0.25, 0.3) is 16.9 Å². The van der Waals surface area contributed by atoms with Crippen molar-refractivity contribution in [1.29, 1.82) is 0 Å². The molecule has 0 radical (unpaired) electrons. The van der Waals surface area contributed by atoms with E-state index in [0.717, 1.165) is 12.1 Å². The van der Waals surface area contributed by atoms with E-state index in [1.54, 1.807) is 33.9 Å². The number of halogens is 3. The summed E-state index contributed by atoms with van der Waals surface area (Å²) in [5.74, 6) is 0.206. The number of alkyl halides is 3. The fourth-order valence-electron chi connectivity index (χ4n) is 3.68. The summed E-state index contributed by atoms with van der Waals surface area (Å²) < 4.78 is 42.0. The van der Waals surface area contributed by atoms with Crippen LogP contribution in [0, 0.1) is 0 Å². The smallest absolute Gasteiger partial charge is 0.305 e. The lowest BCUT2D eigenvalue weighted by atomic mass is 10.1. The lowest BCUT2D eigenvalue weighted by molar-refractivity contribution is -0.137. The van der Waals surface area contributed by atoms with Crippen LogP contribution in [0.3, 0.4) is 0 Å². The normalized spacial score (nSPS) is 16.9. The number of benzene rings is 1. The van der Waals surface area contributed by atoms with Gasteiger partial charge in [-0.15, -0.1) is 0 Å². The van der Waals surface area contributed by atoms with Gasteiger partial charge in [0.15, 0.2) is 0 Å². The van der Waals surface area contributed by atoms with Crippen molar-refractivity contribution in [3.8, 4) is 11.1 Å². The Morgan fingerprint density at radius 1 is 1.10 bits per heavy atom. The molecule has 7 nitrogen and oxygen atoms in total. The summed E-state index contributed by atoms with van der Waals surface area (Å²) in [7, 11) is 0. The first-order chi connectivity index (χ1) is 14.3. The van der Waals surface area contributed by atoms with E-state index in [1.807, 2.05) is 13.1 Å². The fraction of sp³-hybridized carbons (Fsp3) is 0.200. The van der Waals surface area contributed by atoms with Crippen LogP contribution in [0.15, 0.2) is 55.2 Å². The quantitative estimate of drug-likeness (QED) is 0.502. The van der Waals surface area contributed by atoms with Gasteiger partial charge in [0.25, 0.3) is 5.91 Å². The number of nitrogens with zero attached hydrogens (tertiary/aromatic N) is 6. The molecule has 1 aromatic carbocycles. The van der Waals surface area contributed by atoms with E-state index in [4.69, 9.17) is 0 Å². The van der Waals surface area contributed by atoms with E-state index in [0.29, 0.717) is 34.8 Å². The molecular formula is C20H15F3N6O. The molecule has 10 heteroatoms. The highest BCUT2D eigenvalue weighted by atomic mass is 19.4. The van der Waals surface area contributed by atoms with Crippen LogP contribution in [0.1, 0.15) is 29.0 Å². The molecule has 0 bridgehead atoms. The van der Waals surface area contributed by atoms with Crippen molar-refractivity contribution in [1.82, 2.24) is 24.1 Å². The summed E-state index contributed by atoms with van der Waals surface area (Å²) in [5.41, 5.74) is 1.31. The van der Waals surface area contributed by atoms with Gasteiger partial charge < -0.3 is 4.90 Å². The van der Waals surface area contributed by atoms with E-state index in [9.17, 15) is 18.0 Å². The van der Waals surface area contributed by atoms with Crippen molar-refractivity contribution in [2.45, 2.75) is 19.1 Å². The number of fused-ring (bicyclic) bond motifs is 2. The van der Waals surface area contributed by atoms with Gasteiger partial charge in [0.05, 0.1) is 17.8 Å². The van der Waals surface area contributed by atoms with Crippen LogP contribution in [0.2, 0.25) is 0 Å². The molecular weight excluding hydrogens is 397 g/mol.